The number of hydrogen-bond acceptors (Lipinski definition) is 5. The van der Waals surface area contributed by atoms with Gasteiger partial charge in [-0.2, -0.15) is 0 Å². The average Bonchev–Trinajstić information content (AvgIpc) is 2.68. The van der Waals surface area contributed by atoms with E-state index in [0.29, 0.717) is 30.3 Å². The van der Waals surface area contributed by atoms with Gasteiger partial charge < -0.3 is 26.1 Å². The Bertz CT molecular complexity index is 758. The Balaban J connectivity index is 1.66. The summed E-state index contributed by atoms with van der Waals surface area (Å²) in [5.74, 6) is 2.10. The number of nitrogens with two attached hydrogens (primary N) is 2. The standard InChI is InChI=1S/C20H26N4O3/c1-14(10-12-26-17-6-2-15(3-7-17)19(21)22)11-13-27-18-8-4-16(5-9-18)20(23)24-25/h2-9,14,25H,10-13H2,1H3,(H3,21,22)(H2,23,24). The lowest BCUT2D eigenvalue weighted by atomic mass is 10.1. The number of oxime groups is 1. The number of benzene rings is 2. The molecule has 0 aliphatic rings. The topological polar surface area (TPSA) is 127 Å². The zero-order valence-corrected chi connectivity index (χ0v) is 15.4. The normalized spacial score (nSPS) is 12.4. The van der Waals surface area contributed by atoms with Crippen LogP contribution in [0.25, 0.3) is 0 Å². The molecule has 0 radical (unpaired) electrons. The van der Waals surface area contributed by atoms with E-state index in [9.17, 15) is 0 Å². The van der Waals surface area contributed by atoms with Gasteiger partial charge in [0.05, 0.1) is 13.2 Å². The van der Waals surface area contributed by atoms with Crippen molar-refractivity contribution in [3.05, 3.63) is 59.7 Å². The highest BCUT2D eigenvalue weighted by Crippen LogP contribution is 2.16. The fraction of sp³-hybridized carbons (Fsp3) is 0.300. The maximum Gasteiger partial charge on any atom is 0.170 e. The summed E-state index contributed by atoms with van der Waals surface area (Å²) in [6.45, 7) is 3.39. The molecule has 2 aromatic rings. The Morgan fingerprint density at radius 2 is 1.37 bits per heavy atom. The van der Waals surface area contributed by atoms with Crippen molar-refractivity contribution in [1.29, 1.82) is 5.41 Å². The van der Waals surface area contributed by atoms with Crippen LogP contribution in [0.2, 0.25) is 0 Å². The summed E-state index contributed by atoms with van der Waals surface area (Å²) < 4.78 is 11.5. The summed E-state index contributed by atoms with van der Waals surface area (Å²) in [4.78, 5) is 0. The fourth-order valence-electron chi connectivity index (χ4n) is 2.41. The van der Waals surface area contributed by atoms with Crippen LogP contribution in [0, 0.1) is 11.3 Å². The molecule has 0 saturated carbocycles. The van der Waals surface area contributed by atoms with Gasteiger partial charge in [0.25, 0.3) is 0 Å². The molecular formula is C20H26N4O3. The van der Waals surface area contributed by atoms with E-state index in [1.807, 2.05) is 12.1 Å². The van der Waals surface area contributed by atoms with Crippen LogP contribution >= 0.6 is 0 Å². The fourth-order valence-corrected chi connectivity index (χ4v) is 2.41. The molecule has 6 N–H and O–H groups in total. The van der Waals surface area contributed by atoms with Gasteiger partial charge in [-0.1, -0.05) is 12.1 Å². The van der Waals surface area contributed by atoms with Crippen LogP contribution in [-0.4, -0.2) is 30.1 Å². The molecule has 2 aromatic carbocycles. The van der Waals surface area contributed by atoms with E-state index in [1.165, 1.54) is 0 Å². The van der Waals surface area contributed by atoms with E-state index in [1.54, 1.807) is 36.4 Å². The van der Waals surface area contributed by atoms with Crippen molar-refractivity contribution in [3.63, 3.8) is 0 Å². The minimum atomic E-state index is 0.0507. The largest absolute Gasteiger partial charge is 0.494 e. The van der Waals surface area contributed by atoms with Gasteiger partial charge >= 0.3 is 0 Å². The first kappa shape index (κ1) is 20.1. The lowest BCUT2D eigenvalue weighted by Gasteiger charge is -2.13. The third-order valence-corrected chi connectivity index (χ3v) is 4.18. The van der Waals surface area contributed by atoms with E-state index in [0.717, 1.165) is 24.3 Å². The predicted octanol–water partition coefficient (Wildman–Crippen LogP) is 2.94. The molecule has 7 heteroatoms. The molecule has 144 valence electrons. The van der Waals surface area contributed by atoms with Crippen molar-refractivity contribution in [3.8, 4) is 11.5 Å². The van der Waals surface area contributed by atoms with Gasteiger partial charge in [-0.05, 0) is 67.3 Å². The molecule has 2 rings (SSSR count). The third-order valence-electron chi connectivity index (χ3n) is 4.18. The van der Waals surface area contributed by atoms with Gasteiger partial charge in [-0.25, -0.2) is 0 Å². The molecule has 0 amide bonds. The molecule has 1 atom stereocenters. The highest BCUT2D eigenvalue weighted by molar-refractivity contribution is 5.97. The molecule has 0 aromatic heterocycles. The summed E-state index contributed by atoms with van der Waals surface area (Å²) in [6, 6.07) is 14.3. The number of nitrogens with one attached hydrogen (secondary N) is 1. The van der Waals surface area contributed by atoms with Crippen molar-refractivity contribution in [2.45, 2.75) is 19.8 Å². The molecule has 27 heavy (non-hydrogen) atoms. The zero-order valence-electron chi connectivity index (χ0n) is 15.4. The van der Waals surface area contributed by atoms with Gasteiger partial charge in [-0.3, -0.25) is 5.41 Å². The SMILES string of the molecule is CC(CCOc1ccc(C(=N)N)cc1)CCOc1ccc(/C(N)=N/O)cc1. The molecule has 0 heterocycles. The van der Waals surface area contributed by atoms with Gasteiger partial charge in [0.2, 0.25) is 0 Å². The van der Waals surface area contributed by atoms with Crippen LogP contribution < -0.4 is 20.9 Å². The van der Waals surface area contributed by atoms with Crippen molar-refractivity contribution in [2.24, 2.45) is 22.5 Å². The van der Waals surface area contributed by atoms with Gasteiger partial charge in [0, 0.05) is 11.1 Å². The lowest BCUT2D eigenvalue weighted by Crippen LogP contribution is -2.12. The van der Waals surface area contributed by atoms with Crippen LogP contribution in [0.4, 0.5) is 0 Å². The number of amidine groups is 2. The predicted molar refractivity (Wildman–Crippen MR) is 106 cm³/mol. The van der Waals surface area contributed by atoms with Crippen LogP contribution in [0.15, 0.2) is 53.7 Å². The Labute approximate surface area is 159 Å². The zero-order chi connectivity index (χ0) is 19.6. The summed E-state index contributed by atoms with van der Waals surface area (Å²) in [5.41, 5.74) is 12.3. The van der Waals surface area contributed by atoms with Crippen LogP contribution in [-0.2, 0) is 0 Å². The highest BCUT2D eigenvalue weighted by atomic mass is 16.5. The summed E-state index contributed by atoms with van der Waals surface area (Å²) in [6.07, 6.45) is 1.83. The Kier molecular flexibility index (Phi) is 7.49. The first-order chi connectivity index (χ1) is 13.0. The maximum absolute atomic E-state index is 8.65. The second kappa shape index (κ2) is 10.1. The van der Waals surface area contributed by atoms with Crippen molar-refractivity contribution < 1.29 is 14.7 Å². The molecule has 1 unspecified atom stereocenters. The van der Waals surface area contributed by atoms with Gasteiger partial charge in [0.1, 0.15) is 17.3 Å². The minimum Gasteiger partial charge on any atom is -0.494 e. The van der Waals surface area contributed by atoms with Gasteiger partial charge in [-0.15, -0.1) is 0 Å². The van der Waals surface area contributed by atoms with E-state index in [2.05, 4.69) is 12.1 Å². The van der Waals surface area contributed by atoms with E-state index < -0.39 is 0 Å². The molecule has 0 saturated heterocycles. The Morgan fingerprint density at radius 1 is 0.926 bits per heavy atom. The first-order valence-corrected chi connectivity index (χ1v) is 8.77. The molecule has 0 aliphatic carbocycles. The second-order valence-electron chi connectivity index (χ2n) is 6.33. The number of rotatable bonds is 10. The molecule has 7 nitrogen and oxygen atoms in total. The lowest BCUT2D eigenvalue weighted by molar-refractivity contribution is 0.245. The van der Waals surface area contributed by atoms with Gasteiger partial charge in [0.15, 0.2) is 5.84 Å². The quantitative estimate of drug-likeness (QED) is 0.221. The highest BCUT2D eigenvalue weighted by Gasteiger charge is 2.05. The maximum atomic E-state index is 8.65. The van der Waals surface area contributed by atoms with Crippen molar-refractivity contribution >= 4 is 11.7 Å². The molecule has 0 spiro atoms. The van der Waals surface area contributed by atoms with Crippen LogP contribution in [0.1, 0.15) is 30.9 Å². The van der Waals surface area contributed by atoms with E-state index in [4.69, 9.17) is 31.6 Å². The van der Waals surface area contributed by atoms with Crippen LogP contribution in [0.3, 0.4) is 0 Å². The monoisotopic (exact) mass is 370 g/mol. The second-order valence-corrected chi connectivity index (χ2v) is 6.33. The summed E-state index contributed by atoms with van der Waals surface area (Å²) >= 11 is 0. The van der Waals surface area contributed by atoms with Crippen LogP contribution in [0.5, 0.6) is 11.5 Å². The number of nitrogens with zero attached hydrogens (tertiary/aromatic N) is 1. The van der Waals surface area contributed by atoms with E-state index in [-0.39, 0.29) is 11.7 Å². The Morgan fingerprint density at radius 3 is 1.78 bits per heavy atom. The molecular weight excluding hydrogens is 344 g/mol. The smallest absolute Gasteiger partial charge is 0.170 e. The molecule has 0 bridgehead atoms. The summed E-state index contributed by atoms with van der Waals surface area (Å²) in [5, 5.41) is 19.0. The Hall–Kier alpha value is -3.22. The first-order valence-electron chi connectivity index (χ1n) is 8.77. The number of nitrogen functional groups attached to an aromatic ring is 1. The number of hydrogen-bond donors (Lipinski definition) is 4. The number of ether oxygens (including phenoxy) is 2. The minimum absolute atomic E-state index is 0.0507. The third kappa shape index (κ3) is 6.54. The molecule has 0 aliphatic heterocycles. The van der Waals surface area contributed by atoms with E-state index >= 15 is 0 Å². The van der Waals surface area contributed by atoms with Crippen molar-refractivity contribution in [1.82, 2.24) is 0 Å². The average molecular weight is 370 g/mol. The van der Waals surface area contributed by atoms with Crippen molar-refractivity contribution in [2.75, 3.05) is 13.2 Å². The summed E-state index contributed by atoms with van der Waals surface area (Å²) in [7, 11) is 0. The molecule has 0 fully saturated rings.